The number of nitrogens with one attached hydrogen (secondary N) is 1. The summed E-state index contributed by atoms with van der Waals surface area (Å²) >= 11 is 24.5. The van der Waals surface area contributed by atoms with E-state index in [0.29, 0.717) is 15.6 Å². The van der Waals surface area contributed by atoms with Crippen molar-refractivity contribution in [2.24, 2.45) is 0 Å². The normalized spacial score (nSPS) is 14.9. The zero-order chi connectivity index (χ0) is 26.6. The van der Waals surface area contributed by atoms with E-state index in [-0.39, 0.29) is 34.2 Å². The van der Waals surface area contributed by atoms with Crippen LogP contribution in [0.3, 0.4) is 0 Å². The van der Waals surface area contributed by atoms with Crippen LogP contribution in [-0.2, 0) is 26.2 Å². The van der Waals surface area contributed by atoms with Crippen molar-refractivity contribution < 1.29 is 18.0 Å². The molecular weight excluding hydrogens is 568 g/mol. The third-order valence-electron chi connectivity index (χ3n) is 6.06. The standard InChI is InChI=1S/C24H27Cl4N3O4S/c1-15(24(33)29-18-5-3-4-6-18)30(13-16-7-9-19(26)21(28)11-16)23(32)14-31(36(2,34)35)22-12-17(25)8-10-20(22)27/h7-12,15,18H,3-6,13-14H2,1-2H3,(H,29,33). The van der Waals surface area contributed by atoms with Crippen LogP contribution in [0.25, 0.3) is 0 Å². The maximum Gasteiger partial charge on any atom is 0.244 e. The number of anilines is 1. The number of nitrogens with zero attached hydrogens (tertiary/aromatic N) is 2. The number of amides is 2. The summed E-state index contributed by atoms with van der Waals surface area (Å²) in [5, 5.41) is 4.02. The Hall–Kier alpha value is -1.71. The van der Waals surface area contributed by atoms with Gasteiger partial charge in [0.15, 0.2) is 0 Å². The molecule has 0 heterocycles. The van der Waals surface area contributed by atoms with Gasteiger partial charge in [-0.05, 0) is 55.7 Å². The molecule has 0 spiro atoms. The Morgan fingerprint density at radius 2 is 1.64 bits per heavy atom. The highest BCUT2D eigenvalue weighted by Gasteiger charge is 2.32. The van der Waals surface area contributed by atoms with Crippen molar-refractivity contribution in [3.63, 3.8) is 0 Å². The first kappa shape index (κ1) is 28.9. The monoisotopic (exact) mass is 593 g/mol. The van der Waals surface area contributed by atoms with E-state index in [1.54, 1.807) is 25.1 Å². The van der Waals surface area contributed by atoms with Crippen LogP contribution in [0.1, 0.15) is 38.2 Å². The summed E-state index contributed by atoms with van der Waals surface area (Å²) in [5.41, 5.74) is 0.697. The largest absolute Gasteiger partial charge is 0.352 e. The van der Waals surface area contributed by atoms with Gasteiger partial charge in [0.25, 0.3) is 0 Å². The zero-order valence-electron chi connectivity index (χ0n) is 19.8. The summed E-state index contributed by atoms with van der Waals surface area (Å²) in [5.74, 6) is -0.918. The van der Waals surface area contributed by atoms with Gasteiger partial charge in [0.1, 0.15) is 12.6 Å². The lowest BCUT2D eigenvalue weighted by Gasteiger charge is -2.32. The van der Waals surface area contributed by atoms with Gasteiger partial charge in [-0.2, -0.15) is 0 Å². The molecule has 1 aliphatic carbocycles. The average Bonchev–Trinajstić information content (AvgIpc) is 3.31. The minimum absolute atomic E-state index is 0.00978. The number of halogens is 4. The Bertz CT molecular complexity index is 1240. The van der Waals surface area contributed by atoms with Gasteiger partial charge in [-0.1, -0.05) is 65.3 Å². The van der Waals surface area contributed by atoms with E-state index in [1.165, 1.54) is 23.1 Å². The summed E-state index contributed by atoms with van der Waals surface area (Å²) in [6.45, 7) is 1.04. The van der Waals surface area contributed by atoms with Crippen LogP contribution in [0.15, 0.2) is 36.4 Å². The predicted molar refractivity (Wildman–Crippen MR) is 146 cm³/mol. The highest BCUT2D eigenvalue weighted by Crippen LogP contribution is 2.31. The van der Waals surface area contributed by atoms with E-state index < -0.39 is 28.5 Å². The highest BCUT2D eigenvalue weighted by molar-refractivity contribution is 7.92. The predicted octanol–water partition coefficient (Wildman–Crippen LogP) is 5.54. The quantitative estimate of drug-likeness (QED) is 0.413. The molecule has 1 fully saturated rings. The van der Waals surface area contributed by atoms with Crippen LogP contribution in [0, 0.1) is 0 Å². The summed E-state index contributed by atoms with van der Waals surface area (Å²) in [6.07, 6.45) is 4.81. The molecule has 0 radical (unpaired) electrons. The topological polar surface area (TPSA) is 86.8 Å². The van der Waals surface area contributed by atoms with Gasteiger partial charge in [-0.25, -0.2) is 8.42 Å². The van der Waals surface area contributed by atoms with Crippen molar-refractivity contribution >= 4 is 73.9 Å². The molecule has 2 aromatic carbocycles. The fourth-order valence-corrected chi connectivity index (χ4v) is 5.69. The molecule has 0 aromatic heterocycles. The molecule has 0 saturated heterocycles. The minimum Gasteiger partial charge on any atom is -0.352 e. The third kappa shape index (κ3) is 7.42. The van der Waals surface area contributed by atoms with Gasteiger partial charge in [-0.15, -0.1) is 0 Å². The number of carbonyl (C=O) groups excluding carboxylic acids is 2. The van der Waals surface area contributed by atoms with Gasteiger partial charge < -0.3 is 10.2 Å². The van der Waals surface area contributed by atoms with E-state index in [9.17, 15) is 18.0 Å². The Labute approximate surface area is 231 Å². The molecule has 3 rings (SSSR count). The number of rotatable bonds is 9. The van der Waals surface area contributed by atoms with Crippen molar-refractivity contribution in [1.29, 1.82) is 0 Å². The summed E-state index contributed by atoms with van der Waals surface area (Å²) < 4.78 is 26.2. The van der Waals surface area contributed by atoms with Crippen molar-refractivity contribution in [3.05, 3.63) is 62.1 Å². The molecule has 1 N–H and O–H groups in total. The van der Waals surface area contributed by atoms with E-state index >= 15 is 0 Å². The highest BCUT2D eigenvalue weighted by atomic mass is 35.5. The molecule has 1 unspecified atom stereocenters. The smallest absolute Gasteiger partial charge is 0.244 e. The third-order valence-corrected chi connectivity index (χ3v) is 8.48. The molecule has 1 aliphatic rings. The molecule has 1 saturated carbocycles. The van der Waals surface area contributed by atoms with E-state index in [1.807, 2.05) is 0 Å². The molecule has 12 heteroatoms. The molecule has 2 aromatic rings. The van der Waals surface area contributed by atoms with E-state index in [2.05, 4.69) is 5.32 Å². The van der Waals surface area contributed by atoms with Crippen molar-refractivity contribution in [1.82, 2.24) is 10.2 Å². The fraction of sp³-hybridized carbons (Fsp3) is 0.417. The van der Waals surface area contributed by atoms with Gasteiger partial charge in [0.05, 0.1) is 27.0 Å². The van der Waals surface area contributed by atoms with Crippen LogP contribution in [-0.4, -0.2) is 50.0 Å². The fourth-order valence-electron chi connectivity index (χ4n) is 4.08. The molecule has 2 amide bonds. The molecule has 36 heavy (non-hydrogen) atoms. The average molecular weight is 595 g/mol. The van der Waals surface area contributed by atoms with E-state index in [4.69, 9.17) is 46.4 Å². The number of carbonyl (C=O) groups is 2. The van der Waals surface area contributed by atoms with Gasteiger partial charge in [0.2, 0.25) is 21.8 Å². The Kier molecular flexibility index (Phi) is 9.80. The van der Waals surface area contributed by atoms with Crippen LogP contribution >= 0.6 is 46.4 Å². The van der Waals surface area contributed by atoms with Crippen LogP contribution < -0.4 is 9.62 Å². The van der Waals surface area contributed by atoms with Gasteiger partial charge in [-0.3, -0.25) is 13.9 Å². The van der Waals surface area contributed by atoms with Crippen LogP contribution in [0.2, 0.25) is 20.1 Å². The second kappa shape index (κ2) is 12.2. The van der Waals surface area contributed by atoms with Gasteiger partial charge in [0, 0.05) is 17.6 Å². The molecule has 0 aliphatic heterocycles. The summed E-state index contributed by atoms with van der Waals surface area (Å²) in [7, 11) is -3.93. The van der Waals surface area contributed by atoms with Crippen molar-refractivity contribution in [2.75, 3.05) is 17.1 Å². The first-order valence-corrected chi connectivity index (χ1v) is 14.7. The number of hydrogen-bond acceptors (Lipinski definition) is 4. The van der Waals surface area contributed by atoms with Crippen molar-refractivity contribution in [3.8, 4) is 0 Å². The van der Waals surface area contributed by atoms with E-state index in [0.717, 1.165) is 36.2 Å². The maximum absolute atomic E-state index is 13.6. The molecule has 0 bridgehead atoms. The Balaban J connectivity index is 1.93. The van der Waals surface area contributed by atoms with Crippen molar-refractivity contribution in [2.45, 2.75) is 51.2 Å². The van der Waals surface area contributed by atoms with Gasteiger partial charge >= 0.3 is 0 Å². The lowest BCUT2D eigenvalue weighted by Crippen LogP contribution is -2.52. The summed E-state index contributed by atoms with van der Waals surface area (Å²) in [4.78, 5) is 28.0. The summed E-state index contributed by atoms with van der Waals surface area (Å²) in [6, 6.07) is 8.40. The van der Waals surface area contributed by atoms with Crippen LogP contribution in [0.5, 0.6) is 0 Å². The maximum atomic E-state index is 13.6. The zero-order valence-corrected chi connectivity index (χ0v) is 23.6. The molecule has 7 nitrogen and oxygen atoms in total. The second-order valence-corrected chi connectivity index (χ2v) is 12.4. The first-order valence-electron chi connectivity index (χ1n) is 11.3. The van der Waals surface area contributed by atoms with Crippen LogP contribution in [0.4, 0.5) is 5.69 Å². The Morgan fingerprint density at radius 1 is 1.00 bits per heavy atom. The molecule has 1 atom stereocenters. The molecular formula is C24H27Cl4N3O4S. The Morgan fingerprint density at radius 3 is 2.25 bits per heavy atom. The minimum atomic E-state index is -3.93. The second-order valence-electron chi connectivity index (χ2n) is 8.80. The number of hydrogen-bond donors (Lipinski definition) is 1. The lowest BCUT2D eigenvalue weighted by molar-refractivity contribution is -0.139. The first-order chi connectivity index (χ1) is 16.9. The lowest BCUT2D eigenvalue weighted by atomic mass is 10.1. The number of sulfonamides is 1. The number of benzene rings is 2. The molecule has 196 valence electrons. The SMILES string of the molecule is CC(C(=O)NC1CCCC1)N(Cc1ccc(Cl)c(Cl)c1)C(=O)CN(c1cc(Cl)ccc1Cl)S(C)(=O)=O.